The molecule has 1 fully saturated rings. The monoisotopic (exact) mass is 298 g/mol. The van der Waals surface area contributed by atoms with Crippen LogP contribution in [0, 0.1) is 5.92 Å². The van der Waals surface area contributed by atoms with Gasteiger partial charge < -0.3 is 0 Å². The number of halogens is 1. The van der Waals surface area contributed by atoms with Gasteiger partial charge in [0.05, 0.1) is 5.69 Å². The Labute approximate surface area is 113 Å². The van der Waals surface area contributed by atoms with Gasteiger partial charge in [-0.05, 0) is 51.5 Å². The summed E-state index contributed by atoms with van der Waals surface area (Å²) >= 11 is 3.86. The maximum atomic E-state index is 4.60. The van der Waals surface area contributed by atoms with E-state index in [2.05, 4.69) is 47.1 Å². The molecular weight excluding hydrogens is 276 g/mol. The molecule has 1 aromatic heterocycles. The molecule has 0 N–H and O–H groups in total. The highest BCUT2D eigenvalue weighted by molar-refractivity contribution is 9.09. The number of hydrogen-bond donors (Lipinski definition) is 0. The first-order valence-corrected chi connectivity index (χ1v) is 7.76. The van der Waals surface area contributed by atoms with Crippen molar-refractivity contribution in [2.75, 3.05) is 0 Å². The molecule has 96 valence electrons. The van der Waals surface area contributed by atoms with E-state index in [4.69, 9.17) is 0 Å². The van der Waals surface area contributed by atoms with Crippen LogP contribution in [0.2, 0.25) is 0 Å². The summed E-state index contributed by atoms with van der Waals surface area (Å²) in [6.07, 6.45) is 10.1. The highest BCUT2D eigenvalue weighted by Crippen LogP contribution is 2.33. The summed E-state index contributed by atoms with van der Waals surface area (Å²) in [6.45, 7) is 4.34. The summed E-state index contributed by atoms with van der Waals surface area (Å²) in [7, 11) is 0. The Balaban J connectivity index is 1.80. The van der Waals surface area contributed by atoms with E-state index in [1.54, 1.807) is 0 Å². The smallest absolute Gasteiger partial charge is 0.0625 e. The van der Waals surface area contributed by atoms with Gasteiger partial charge in [-0.2, -0.15) is 5.10 Å². The van der Waals surface area contributed by atoms with E-state index in [-0.39, 0.29) is 0 Å². The molecule has 1 aromatic rings. The van der Waals surface area contributed by atoms with Crippen molar-refractivity contribution in [1.82, 2.24) is 9.78 Å². The molecule has 1 unspecified atom stereocenters. The lowest BCUT2D eigenvalue weighted by molar-refractivity contribution is 0.496. The number of hydrogen-bond acceptors (Lipinski definition) is 1. The average molecular weight is 299 g/mol. The second-order valence-electron chi connectivity index (χ2n) is 5.48. The maximum absolute atomic E-state index is 4.60. The zero-order valence-electron chi connectivity index (χ0n) is 10.9. The minimum Gasteiger partial charge on any atom is -0.270 e. The van der Waals surface area contributed by atoms with Gasteiger partial charge in [0.2, 0.25) is 0 Å². The molecule has 2 rings (SSSR count). The number of alkyl halides is 1. The van der Waals surface area contributed by atoms with E-state index < -0.39 is 0 Å². The second kappa shape index (κ2) is 6.03. The fourth-order valence-electron chi connectivity index (χ4n) is 2.64. The van der Waals surface area contributed by atoms with E-state index in [0.29, 0.717) is 10.9 Å². The molecule has 1 saturated carbocycles. The van der Waals surface area contributed by atoms with Gasteiger partial charge in [-0.15, -0.1) is 0 Å². The Morgan fingerprint density at radius 3 is 2.71 bits per heavy atom. The van der Waals surface area contributed by atoms with Crippen LogP contribution in [0.15, 0.2) is 12.3 Å². The molecule has 3 heteroatoms. The summed E-state index contributed by atoms with van der Waals surface area (Å²) in [5.41, 5.74) is 1.24. The van der Waals surface area contributed by atoms with Crippen molar-refractivity contribution in [2.45, 2.75) is 63.2 Å². The molecule has 0 saturated heterocycles. The fraction of sp³-hybridized carbons (Fsp3) is 0.786. The molecule has 0 amide bonds. The Morgan fingerprint density at radius 2 is 2.12 bits per heavy atom. The average Bonchev–Trinajstić information content (AvgIpc) is 2.97. The number of rotatable bonds is 5. The maximum Gasteiger partial charge on any atom is 0.0625 e. The van der Waals surface area contributed by atoms with Crippen LogP contribution < -0.4 is 0 Å². The Morgan fingerprint density at radius 1 is 1.41 bits per heavy atom. The second-order valence-corrected chi connectivity index (χ2v) is 6.66. The van der Waals surface area contributed by atoms with E-state index >= 15 is 0 Å². The van der Waals surface area contributed by atoms with Crippen LogP contribution in [0.4, 0.5) is 0 Å². The Hall–Kier alpha value is -0.310. The van der Waals surface area contributed by atoms with Crippen LogP contribution in [0.3, 0.4) is 0 Å². The molecule has 1 aliphatic rings. The lowest BCUT2D eigenvalue weighted by atomic mass is 10.00. The standard InChI is InChI=1S/C14H23BrN2/c1-11(2)17-10-9-13(16-17)7-8-14(15)12-5-3-4-6-12/h9-12,14H,3-8H2,1-2H3. The molecule has 1 aliphatic carbocycles. The Kier molecular flexibility index (Phi) is 4.66. The summed E-state index contributed by atoms with van der Waals surface area (Å²) in [4.78, 5) is 0.689. The van der Waals surface area contributed by atoms with Crippen molar-refractivity contribution in [2.24, 2.45) is 5.92 Å². The van der Waals surface area contributed by atoms with E-state index in [0.717, 1.165) is 12.3 Å². The summed E-state index contributed by atoms with van der Waals surface area (Å²) in [5, 5.41) is 4.60. The molecular formula is C14H23BrN2. The third kappa shape index (κ3) is 3.57. The predicted octanol–water partition coefficient (Wildman–Crippen LogP) is 4.35. The Bertz CT molecular complexity index is 340. The number of nitrogens with zero attached hydrogens (tertiary/aromatic N) is 2. The van der Waals surface area contributed by atoms with E-state index in [1.165, 1.54) is 37.8 Å². The highest BCUT2D eigenvalue weighted by Gasteiger charge is 2.22. The molecule has 2 nitrogen and oxygen atoms in total. The molecule has 17 heavy (non-hydrogen) atoms. The molecule has 0 aromatic carbocycles. The van der Waals surface area contributed by atoms with Gasteiger partial charge in [0.25, 0.3) is 0 Å². The zero-order chi connectivity index (χ0) is 12.3. The number of aromatic nitrogens is 2. The van der Waals surface area contributed by atoms with Crippen LogP contribution in [-0.2, 0) is 6.42 Å². The van der Waals surface area contributed by atoms with Gasteiger partial charge in [-0.25, -0.2) is 0 Å². The van der Waals surface area contributed by atoms with Crippen LogP contribution in [0.1, 0.15) is 57.7 Å². The van der Waals surface area contributed by atoms with Crippen LogP contribution in [-0.4, -0.2) is 14.6 Å². The largest absolute Gasteiger partial charge is 0.270 e. The van der Waals surface area contributed by atoms with Gasteiger partial charge in [0.1, 0.15) is 0 Å². The first kappa shape index (κ1) is 13.1. The van der Waals surface area contributed by atoms with Crippen LogP contribution in [0.25, 0.3) is 0 Å². The third-order valence-electron chi connectivity index (χ3n) is 3.78. The van der Waals surface area contributed by atoms with Crippen molar-refractivity contribution in [1.29, 1.82) is 0 Å². The predicted molar refractivity (Wildman–Crippen MR) is 75.6 cm³/mol. The van der Waals surface area contributed by atoms with Crippen LogP contribution >= 0.6 is 15.9 Å². The molecule has 1 heterocycles. The number of aryl methyl sites for hydroxylation is 1. The molecule has 1 atom stereocenters. The lowest BCUT2D eigenvalue weighted by Gasteiger charge is -2.16. The minimum atomic E-state index is 0.471. The van der Waals surface area contributed by atoms with E-state index in [9.17, 15) is 0 Å². The van der Waals surface area contributed by atoms with Crippen molar-refractivity contribution < 1.29 is 0 Å². The highest BCUT2D eigenvalue weighted by atomic mass is 79.9. The zero-order valence-corrected chi connectivity index (χ0v) is 12.5. The van der Waals surface area contributed by atoms with E-state index in [1.807, 2.05) is 4.68 Å². The third-order valence-corrected chi connectivity index (χ3v) is 4.99. The normalized spacial score (nSPS) is 19.1. The van der Waals surface area contributed by atoms with Gasteiger partial charge in [-0.3, -0.25) is 4.68 Å². The topological polar surface area (TPSA) is 17.8 Å². The van der Waals surface area contributed by atoms with Gasteiger partial charge in [0, 0.05) is 17.1 Å². The fourth-order valence-corrected chi connectivity index (χ4v) is 3.40. The van der Waals surface area contributed by atoms with Gasteiger partial charge >= 0.3 is 0 Å². The van der Waals surface area contributed by atoms with Gasteiger partial charge in [-0.1, -0.05) is 28.8 Å². The summed E-state index contributed by atoms with van der Waals surface area (Å²) in [5.74, 6) is 0.905. The molecule has 0 aliphatic heterocycles. The quantitative estimate of drug-likeness (QED) is 0.739. The first-order valence-electron chi connectivity index (χ1n) is 6.85. The van der Waals surface area contributed by atoms with Crippen molar-refractivity contribution >= 4 is 15.9 Å². The molecule has 0 radical (unpaired) electrons. The minimum absolute atomic E-state index is 0.471. The van der Waals surface area contributed by atoms with Crippen molar-refractivity contribution in [3.05, 3.63) is 18.0 Å². The lowest BCUT2D eigenvalue weighted by Crippen LogP contribution is -2.12. The SMILES string of the molecule is CC(C)n1ccc(CCC(Br)C2CCCC2)n1. The molecule has 0 spiro atoms. The van der Waals surface area contributed by atoms with Crippen molar-refractivity contribution in [3.63, 3.8) is 0 Å². The first-order chi connectivity index (χ1) is 8.16. The molecule has 0 bridgehead atoms. The van der Waals surface area contributed by atoms with Gasteiger partial charge in [0.15, 0.2) is 0 Å². The van der Waals surface area contributed by atoms with Crippen LogP contribution in [0.5, 0.6) is 0 Å². The van der Waals surface area contributed by atoms with Crippen molar-refractivity contribution in [3.8, 4) is 0 Å². The summed E-state index contributed by atoms with van der Waals surface area (Å²) < 4.78 is 2.05. The summed E-state index contributed by atoms with van der Waals surface area (Å²) in [6, 6.07) is 2.63.